The van der Waals surface area contributed by atoms with Gasteiger partial charge in [-0.1, -0.05) is 6.92 Å². The Bertz CT molecular complexity index is 242. The van der Waals surface area contributed by atoms with E-state index in [-0.39, 0.29) is 0 Å². The lowest BCUT2D eigenvalue weighted by atomic mass is 10.1. The van der Waals surface area contributed by atoms with Crippen molar-refractivity contribution in [3.8, 4) is 0 Å². The molecule has 0 aromatic carbocycles. The maximum absolute atomic E-state index is 5.96. The van der Waals surface area contributed by atoms with Gasteiger partial charge in [0, 0.05) is 19.6 Å². The van der Waals surface area contributed by atoms with E-state index in [4.69, 9.17) is 10.5 Å². The second-order valence-corrected chi connectivity index (χ2v) is 4.63. The van der Waals surface area contributed by atoms with E-state index in [2.05, 4.69) is 16.8 Å². The average Bonchev–Trinajstić information content (AvgIpc) is 3.08. The highest BCUT2D eigenvalue weighted by Gasteiger charge is 2.40. The van der Waals surface area contributed by atoms with Crippen molar-refractivity contribution in [2.75, 3.05) is 32.8 Å². The first-order valence-electron chi connectivity index (χ1n) is 5.88. The van der Waals surface area contributed by atoms with Crippen LogP contribution in [0.2, 0.25) is 0 Å². The molecule has 1 saturated carbocycles. The zero-order valence-corrected chi connectivity index (χ0v) is 9.54. The second-order valence-electron chi connectivity index (χ2n) is 4.63. The molecule has 0 radical (unpaired) electrons. The molecule has 15 heavy (non-hydrogen) atoms. The van der Waals surface area contributed by atoms with Crippen molar-refractivity contribution >= 4 is 5.96 Å². The van der Waals surface area contributed by atoms with E-state index >= 15 is 0 Å². The summed E-state index contributed by atoms with van der Waals surface area (Å²) in [6, 6.07) is 0. The summed E-state index contributed by atoms with van der Waals surface area (Å²) in [6.45, 7) is 6.47. The second kappa shape index (κ2) is 4.39. The fourth-order valence-electron chi connectivity index (χ4n) is 1.94. The predicted molar refractivity (Wildman–Crippen MR) is 60.8 cm³/mol. The van der Waals surface area contributed by atoms with Crippen molar-refractivity contribution in [3.63, 3.8) is 0 Å². The first-order chi connectivity index (χ1) is 7.26. The molecule has 1 heterocycles. The Morgan fingerprint density at radius 2 is 2.07 bits per heavy atom. The van der Waals surface area contributed by atoms with Gasteiger partial charge in [-0.15, -0.1) is 0 Å². The van der Waals surface area contributed by atoms with E-state index in [0.717, 1.165) is 32.8 Å². The molecule has 1 aliphatic heterocycles. The fraction of sp³-hybridized carbons (Fsp3) is 0.909. The van der Waals surface area contributed by atoms with Crippen molar-refractivity contribution in [1.29, 1.82) is 0 Å². The van der Waals surface area contributed by atoms with Gasteiger partial charge in [0.2, 0.25) is 0 Å². The van der Waals surface area contributed by atoms with E-state index in [1.54, 1.807) is 0 Å². The molecule has 1 saturated heterocycles. The molecule has 0 spiro atoms. The van der Waals surface area contributed by atoms with Gasteiger partial charge < -0.3 is 15.4 Å². The Morgan fingerprint density at radius 3 is 2.60 bits per heavy atom. The number of hydrogen-bond donors (Lipinski definition) is 1. The van der Waals surface area contributed by atoms with E-state index < -0.39 is 0 Å². The summed E-state index contributed by atoms with van der Waals surface area (Å²) in [5, 5.41) is 0. The third-order valence-electron chi connectivity index (χ3n) is 3.62. The summed E-state index contributed by atoms with van der Waals surface area (Å²) < 4.78 is 5.28. The lowest BCUT2D eigenvalue weighted by Crippen LogP contribution is -2.45. The first kappa shape index (κ1) is 10.7. The van der Waals surface area contributed by atoms with Crippen LogP contribution in [0.15, 0.2) is 4.99 Å². The summed E-state index contributed by atoms with van der Waals surface area (Å²) in [4.78, 5) is 6.64. The van der Waals surface area contributed by atoms with E-state index in [0.29, 0.717) is 11.4 Å². The Labute approximate surface area is 91.5 Å². The van der Waals surface area contributed by atoms with E-state index in [1.165, 1.54) is 19.3 Å². The molecule has 0 unspecified atom stereocenters. The van der Waals surface area contributed by atoms with Gasteiger partial charge in [-0.2, -0.15) is 0 Å². The minimum absolute atomic E-state index is 0.497. The molecular weight excluding hydrogens is 190 g/mol. The van der Waals surface area contributed by atoms with Crippen molar-refractivity contribution in [2.24, 2.45) is 16.1 Å². The van der Waals surface area contributed by atoms with Crippen LogP contribution in [-0.4, -0.2) is 43.7 Å². The summed E-state index contributed by atoms with van der Waals surface area (Å²) in [6.07, 6.45) is 3.87. The molecule has 1 aliphatic carbocycles. The predicted octanol–water partition coefficient (Wildman–Crippen LogP) is 0.823. The van der Waals surface area contributed by atoms with Crippen LogP contribution in [0.25, 0.3) is 0 Å². The van der Waals surface area contributed by atoms with Crippen LogP contribution in [0.1, 0.15) is 26.2 Å². The number of nitrogens with two attached hydrogens (primary N) is 1. The maximum atomic E-state index is 5.96. The number of aliphatic imine (C=N–C) groups is 1. The Morgan fingerprint density at radius 1 is 1.40 bits per heavy atom. The fourth-order valence-corrected chi connectivity index (χ4v) is 1.94. The topological polar surface area (TPSA) is 50.8 Å². The highest BCUT2D eigenvalue weighted by Crippen LogP contribution is 2.48. The van der Waals surface area contributed by atoms with Gasteiger partial charge >= 0.3 is 0 Å². The molecule has 4 heteroatoms. The molecule has 0 bridgehead atoms. The molecule has 2 N–H and O–H groups in total. The number of nitrogens with zero attached hydrogens (tertiary/aromatic N) is 2. The van der Waals surface area contributed by atoms with Crippen molar-refractivity contribution in [1.82, 2.24) is 4.90 Å². The maximum Gasteiger partial charge on any atom is 0.191 e. The molecular formula is C11H21N3O. The minimum Gasteiger partial charge on any atom is -0.378 e. The molecule has 4 nitrogen and oxygen atoms in total. The largest absolute Gasteiger partial charge is 0.378 e. The molecule has 0 amide bonds. The smallest absolute Gasteiger partial charge is 0.191 e. The van der Waals surface area contributed by atoms with E-state index in [1.807, 2.05) is 0 Å². The molecule has 2 aliphatic rings. The highest BCUT2D eigenvalue weighted by molar-refractivity contribution is 5.78. The van der Waals surface area contributed by atoms with Crippen LogP contribution < -0.4 is 5.73 Å². The third-order valence-corrected chi connectivity index (χ3v) is 3.62. The number of hydrogen-bond acceptors (Lipinski definition) is 2. The van der Waals surface area contributed by atoms with Gasteiger partial charge in [0.25, 0.3) is 0 Å². The lowest BCUT2D eigenvalue weighted by molar-refractivity contribution is 0.0673. The minimum atomic E-state index is 0.497. The van der Waals surface area contributed by atoms with Gasteiger partial charge in [-0.3, -0.25) is 4.99 Å². The van der Waals surface area contributed by atoms with Crippen LogP contribution in [0.4, 0.5) is 0 Å². The Hall–Kier alpha value is -0.770. The van der Waals surface area contributed by atoms with Crippen molar-refractivity contribution in [2.45, 2.75) is 26.2 Å². The third kappa shape index (κ3) is 2.62. The number of morpholine rings is 1. The quantitative estimate of drug-likeness (QED) is 0.555. The number of ether oxygens (including phenoxy) is 1. The summed E-state index contributed by atoms with van der Waals surface area (Å²) in [5.74, 6) is 0.707. The van der Waals surface area contributed by atoms with Gasteiger partial charge in [0.1, 0.15) is 0 Å². The molecule has 0 aromatic rings. The van der Waals surface area contributed by atoms with Gasteiger partial charge in [0.05, 0.1) is 13.2 Å². The molecule has 86 valence electrons. The summed E-state index contributed by atoms with van der Waals surface area (Å²) >= 11 is 0. The van der Waals surface area contributed by atoms with Gasteiger partial charge in [-0.05, 0) is 24.7 Å². The lowest BCUT2D eigenvalue weighted by Gasteiger charge is -2.27. The molecule has 2 rings (SSSR count). The molecule has 2 fully saturated rings. The summed E-state index contributed by atoms with van der Waals surface area (Å²) in [5.41, 5.74) is 6.46. The SMILES string of the molecule is CCC1(CN=C(N)N2CCOCC2)CC1. The average molecular weight is 211 g/mol. The normalized spacial score (nSPS) is 25.4. The van der Waals surface area contributed by atoms with Crippen LogP contribution in [0.5, 0.6) is 0 Å². The molecule has 0 atom stereocenters. The van der Waals surface area contributed by atoms with Crippen molar-refractivity contribution in [3.05, 3.63) is 0 Å². The zero-order chi connectivity index (χ0) is 10.7. The Kier molecular flexibility index (Phi) is 3.14. The van der Waals surface area contributed by atoms with Crippen LogP contribution in [0.3, 0.4) is 0 Å². The zero-order valence-electron chi connectivity index (χ0n) is 9.54. The summed E-state index contributed by atoms with van der Waals surface area (Å²) in [7, 11) is 0. The van der Waals surface area contributed by atoms with Crippen LogP contribution in [-0.2, 0) is 4.74 Å². The van der Waals surface area contributed by atoms with Crippen molar-refractivity contribution < 1.29 is 4.74 Å². The number of rotatable bonds is 3. The number of guanidine groups is 1. The Balaban J connectivity index is 1.83. The molecule has 0 aromatic heterocycles. The van der Waals surface area contributed by atoms with Gasteiger partial charge in [0.15, 0.2) is 5.96 Å². The van der Waals surface area contributed by atoms with Crippen LogP contribution >= 0.6 is 0 Å². The highest BCUT2D eigenvalue weighted by atomic mass is 16.5. The van der Waals surface area contributed by atoms with Gasteiger partial charge in [-0.25, -0.2) is 0 Å². The first-order valence-corrected chi connectivity index (χ1v) is 5.88. The van der Waals surface area contributed by atoms with E-state index in [9.17, 15) is 0 Å². The van der Waals surface area contributed by atoms with Crippen LogP contribution in [0, 0.1) is 5.41 Å². The standard InChI is InChI=1S/C11H21N3O/c1-2-11(3-4-11)9-13-10(12)14-5-7-15-8-6-14/h2-9H2,1H3,(H2,12,13). The monoisotopic (exact) mass is 211 g/mol.